The van der Waals surface area contributed by atoms with E-state index in [-0.39, 0.29) is 11.2 Å². The fourth-order valence-electron chi connectivity index (χ4n) is 1.85. The molecule has 1 heterocycles. The molecular weight excluding hydrogens is 256 g/mol. The van der Waals surface area contributed by atoms with Gasteiger partial charge in [0.2, 0.25) is 0 Å². The minimum absolute atomic E-state index is 0.157. The molecule has 0 spiro atoms. The van der Waals surface area contributed by atoms with Crippen LogP contribution in [-0.4, -0.2) is 32.5 Å². The Morgan fingerprint density at radius 2 is 2.17 bits per heavy atom. The molecule has 5 nitrogen and oxygen atoms in total. The van der Waals surface area contributed by atoms with Crippen LogP contribution >= 0.6 is 0 Å². The highest BCUT2D eigenvalue weighted by molar-refractivity contribution is 7.87. The summed E-state index contributed by atoms with van der Waals surface area (Å²) in [4.78, 5) is 0. The van der Waals surface area contributed by atoms with Crippen LogP contribution in [-0.2, 0) is 15.5 Å². The second-order valence-corrected chi connectivity index (χ2v) is 6.59. The van der Waals surface area contributed by atoms with Crippen molar-refractivity contribution >= 4 is 10.1 Å². The quantitative estimate of drug-likeness (QED) is 0.830. The van der Waals surface area contributed by atoms with Crippen molar-refractivity contribution in [2.45, 2.75) is 19.3 Å². The van der Waals surface area contributed by atoms with Gasteiger partial charge in [0.05, 0.1) is 13.2 Å². The Morgan fingerprint density at radius 1 is 1.44 bits per heavy atom. The summed E-state index contributed by atoms with van der Waals surface area (Å²) in [6, 6.07) is 4.93. The zero-order valence-electron chi connectivity index (χ0n) is 10.3. The van der Waals surface area contributed by atoms with Gasteiger partial charge in [-0.2, -0.15) is 8.42 Å². The molecule has 0 aliphatic carbocycles. The number of aliphatic hydroxyl groups is 1. The van der Waals surface area contributed by atoms with Gasteiger partial charge in [0, 0.05) is 11.0 Å². The van der Waals surface area contributed by atoms with Crippen LogP contribution in [0.4, 0.5) is 0 Å². The molecule has 0 atom stereocenters. The molecule has 1 aromatic rings. The minimum Gasteiger partial charge on any atom is -0.492 e. The average molecular weight is 272 g/mol. The van der Waals surface area contributed by atoms with Gasteiger partial charge in [-0.15, -0.1) is 0 Å². The molecule has 1 aliphatic rings. The molecule has 0 aromatic heterocycles. The summed E-state index contributed by atoms with van der Waals surface area (Å²) in [5.74, 6) is 0.594. The molecule has 1 aromatic carbocycles. The normalized spacial score (nSPS) is 17.1. The van der Waals surface area contributed by atoms with Crippen molar-refractivity contribution in [3.8, 4) is 11.5 Å². The van der Waals surface area contributed by atoms with Gasteiger partial charge >= 0.3 is 10.1 Å². The molecule has 0 radical (unpaired) electrons. The van der Waals surface area contributed by atoms with E-state index in [0.29, 0.717) is 6.61 Å². The van der Waals surface area contributed by atoms with Gasteiger partial charge in [-0.05, 0) is 18.2 Å². The summed E-state index contributed by atoms with van der Waals surface area (Å²) in [6.07, 6.45) is 0. The van der Waals surface area contributed by atoms with Crippen LogP contribution in [0.2, 0.25) is 0 Å². The van der Waals surface area contributed by atoms with Gasteiger partial charge < -0.3 is 14.0 Å². The topological polar surface area (TPSA) is 72.8 Å². The number of rotatable bonds is 4. The minimum atomic E-state index is -3.73. The van der Waals surface area contributed by atoms with E-state index >= 15 is 0 Å². The number of aliphatic hydroxyl groups excluding tert-OH is 1. The van der Waals surface area contributed by atoms with E-state index in [2.05, 4.69) is 0 Å². The third-order valence-electron chi connectivity index (χ3n) is 2.83. The Kier molecular flexibility index (Phi) is 3.25. The Bertz CT molecular complexity index is 548. The summed E-state index contributed by atoms with van der Waals surface area (Å²) < 4.78 is 33.3. The fourth-order valence-corrected chi connectivity index (χ4v) is 2.56. The lowest BCUT2D eigenvalue weighted by Gasteiger charge is -2.15. The zero-order valence-corrected chi connectivity index (χ0v) is 11.2. The lowest BCUT2D eigenvalue weighted by atomic mass is 9.87. The lowest BCUT2D eigenvalue weighted by Crippen LogP contribution is -2.19. The highest BCUT2D eigenvalue weighted by atomic mass is 32.2. The first-order valence-corrected chi connectivity index (χ1v) is 7.22. The van der Waals surface area contributed by atoms with E-state index < -0.39 is 22.5 Å². The Hall–Kier alpha value is -1.27. The van der Waals surface area contributed by atoms with Crippen LogP contribution in [0.15, 0.2) is 18.2 Å². The monoisotopic (exact) mass is 272 g/mol. The second kappa shape index (κ2) is 4.44. The Balaban J connectivity index is 2.28. The van der Waals surface area contributed by atoms with E-state index in [0.717, 1.165) is 11.3 Å². The molecule has 18 heavy (non-hydrogen) atoms. The molecule has 0 fully saturated rings. The maximum atomic E-state index is 11.4. The smallest absolute Gasteiger partial charge is 0.311 e. The maximum Gasteiger partial charge on any atom is 0.311 e. The molecule has 1 N–H and O–H groups in total. The second-order valence-electron chi connectivity index (χ2n) is 4.90. The molecule has 0 amide bonds. The molecule has 0 saturated carbocycles. The Labute approximate surface area is 106 Å². The number of ether oxygens (including phenoxy) is 1. The van der Waals surface area contributed by atoms with Gasteiger partial charge in [0.15, 0.2) is 0 Å². The molecule has 6 heteroatoms. The van der Waals surface area contributed by atoms with Crippen molar-refractivity contribution in [2.24, 2.45) is 0 Å². The summed E-state index contributed by atoms with van der Waals surface area (Å²) in [7, 11) is -3.73. The maximum absolute atomic E-state index is 11.4. The van der Waals surface area contributed by atoms with Crippen molar-refractivity contribution < 1.29 is 22.4 Å². The van der Waals surface area contributed by atoms with Crippen LogP contribution < -0.4 is 8.92 Å². The van der Waals surface area contributed by atoms with Crippen LogP contribution in [0.25, 0.3) is 0 Å². The molecule has 2 rings (SSSR count). The van der Waals surface area contributed by atoms with Crippen LogP contribution in [0, 0.1) is 0 Å². The molecule has 0 bridgehead atoms. The van der Waals surface area contributed by atoms with Gasteiger partial charge in [-0.1, -0.05) is 13.8 Å². The van der Waals surface area contributed by atoms with E-state index in [1.54, 1.807) is 18.2 Å². The summed E-state index contributed by atoms with van der Waals surface area (Å²) in [5, 5.41) is 8.64. The molecule has 100 valence electrons. The molecular formula is C12H16O5S. The van der Waals surface area contributed by atoms with Crippen LogP contribution in [0.3, 0.4) is 0 Å². The predicted molar refractivity (Wildman–Crippen MR) is 66.5 cm³/mol. The van der Waals surface area contributed by atoms with Crippen molar-refractivity contribution in [3.05, 3.63) is 23.8 Å². The predicted octanol–water partition coefficient (Wildman–Crippen LogP) is 1.06. The van der Waals surface area contributed by atoms with Crippen molar-refractivity contribution in [1.82, 2.24) is 0 Å². The standard InChI is InChI=1S/C12H16O5S/c1-12(2)8-16-11-4-3-9(7-10(11)12)17-18(14,15)6-5-13/h3-4,7,13H,5-6,8H2,1-2H3. The molecule has 1 aliphatic heterocycles. The van der Waals surface area contributed by atoms with Gasteiger partial charge in [-0.3, -0.25) is 0 Å². The first-order valence-electron chi connectivity index (χ1n) is 5.64. The van der Waals surface area contributed by atoms with E-state index in [1.165, 1.54) is 0 Å². The summed E-state index contributed by atoms with van der Waals surface area (Å²) in [6.45, 7) is 4.15. The van der Waals surface area contributed by atoms with Crippen molar-refractivity contribution in [1.29, 1.82) is 0 Å². The van der Waals surface area contributed by atoms with Gasteiger partial charge in [0.25, 0.3) is 0 Å². The van der Waals surface area contributed by atoms with Crippen molar-refractivity contribution in [3.63, 3.8) is 0 Å². The molecule has 0 saturated heterocycles. The average Bonchev–Trinajstić information content (AvgIpc) is 2.54. The van der Waals surface area contributed by atoms with Crippen molar-refractivity contribution in [2.75, 3.05) is 19.0 Å². The summed E-state index contributed by atoms with van der Waals surface area (Å²) >= 11 is 0. The van der Waals surface area contributed by atoms with E-state index in [9.17, 15) is 8.42 Å². The van der Waals surface area contributed by atoms with Crippen LogP contribution in [0.5, 0.6) is 11.5 Å². The third kappa shape index (κ3) is 2.59. The number of hydrogen-bond acceptors (Lipinski definition) is 5. The van der Waals surface area contributed by atoms with E-state index in [4.69, 9.17) is 14.0 Å². The highest BCUT2D eigenvalue weighted by Gasteiger charge is 2.32. The largest absolute Gasteiger partial charge is 0.492 e. The third-order valence-corrected chi connectivity index (χ3v) is 3.96. The van der Waals surface area contributed by atoms with E-state index in [1.807, 2.05) is 13.8 Å². The van der Waals surface area contributed by atoms with Gasteiger partial charge in [0.1, 0.15) is 17.3 Å². The first-order chi connectivity index (χ1) is 8.34. The van der Waals surface area contributed by atoms with Crippen LogP contribution in [0.1, 0.15) is 19.4 Å². The zero-order chi connectivity index (χ0) is 13.4. The first kappa shape index (κ1) is 13.2. The molecule has 0 unspecified atom stereocenters. The number of fused-ring (bicyclic) bond motifs is 1. The lowest BCUT2D eigenvalue weighted by molar-refractivity contribution is 0.291. The SMILES string of the molecule is CC1(C)COc2ccc(OS(=O)(=O)CCO)cc21. The summed E-state index contributed by atoms with van der Waals surface area (Å²) in [5.41, 5.74) is 0.773. The van der Waals surface area contributed by atoms with Gasteiger partial charge in [-0.25, -0.2) is 0 Å². The fraction of sp³-hybridized carbons (Fsp3) is 0.500. The number of hydrogen-bond donors (Lipinski definition) is 1. The highest BCUT2D eigenvalue weighted by Crippen LogP contribution is 2.40. The Morgan fingerprint density at radius 3 is 2.83 bits per heavy atom. The number of benzene rings is 1.